The molecule has 8 nitrogen and oxygen atoms in total. The lowest BCUT2D eigenvalue weighted by molar-refractivity contribution is -0.118. The molecule has 6 rings (SSSR count). The van der Waals surface area contributed by atoms with Crippen LogP contribution in [-0.4, -0.2) is 85.1 Å². The summed E-state index contributed by atoms with van der Waals surface area (Å²) < 4.78 is 11.0. The van der Waals surface area contributed by atoms with Gasteiger partial charge in [0.15, 0.2) is 0 Å². The van der Waals surface area contributed by atoms with Gasteiger partial charge in [-0.1, -0.05) is 0 Å². The second kappa shape index (κ2) is 8.69. The number of rotatable bonds is 4. The van der Waals surface area contributed by atoms with Gasteiger partial charge < -0.3 is 24.8 Å². The summed E-state index contributed by atoms with van der Waals surface area (Å²) in [5.74, 6) is 0.799. The van der Waals surface area contributed by atoms with E-state index < -0.39 is 6.10 Å². The number of aryl methyl sites for hydroxylation is 1. The summed E-state index contributed by atoms with van der Waals surface area (Å²) >= 11 is 0. The molecule has 4 aliphatic rings. The third-order valence-corrected chi connectivity index (χ3v) is 9.01. The number of carbonyl (C=O) groups excluding carboxylic acids is 1. The molecule has 1 aliphatic carbocycles. The maximum atomic E-state index is 12.9. The van der Waals surface area contributed by atoms with E-state index in [-0.39, 0.29) is 22.8 Å². The molecule has 2 aromatic rings. The number of piperazine rings is 1. The van der Waals surface area contributed by atoms with Crippen LogP contribution in [0.5, 0.6) is 0 Å². The van der Waals surface area contributed by atoms with Gasteiger partial charge in [0, 0.05) is 62.6 Å². The summed E-state index contributed by atoms with van der Waals surface area (Å²) in [4.78, 5) is 22.2. The molecule has 4 heterocycles. The van der Waals surface area contributed by atoms with E-state index in [1.165, 1.54) is 11.3 Å². The molecule has 4 fully saturated rings. The summed E-state index contributed by atoms with van der Waals surface area (Å²) in [6.07, 6.45) is 4.36. The lowest BCUT2D eigenvalue weighted by Crippen LogP contribution is -2.60. The van der Waals surface area contributed by atoms with Crippen LogP contribution in [0.2, 0.25) is 0 Å². The van der Waals surface area contributed by atoms with Gasteiger partial charge in [-0.25, -0.2) is 4.98 Å². The number of aromatic nitrogens is 1. The number of benzene rings is 1. The maximum Gasteiger partial charge on any atom is 0.229 e. The number of ether oxygens (including phenoxy) is 2. The average Bonchev–Trinajstić information content (AvgIpc) is 3.44. The first-order valence-electron chi connectivity index (χ1n) is 12.9. The second-order valence-corrected chi connectivity index (χ2v) is 11.1. The van der Waals surface area contributed by atoms with E-state index in [0.29, 0.717) is 19.0 Å². The van der Waals surface area contributed by atoms with E-state index in [1.54, 1.807) is 0 Å². The molecule has 35 heavy (non-hydrogen) atoms. The zero-order valence-corrected chi connectivity index (χ0v) is 20.8. The van der Waals surface area contributed by atoms with Crippen LogP contribution in [0.1, 0.15) is 31.7 Å². The van der Waals surface area contributed by atoms with Gasteiger partial charge in [0.2, 0.25) is 5.91 Å². The minimum absolute atomic E-state index is 0.0828. The lowest BCUT2D eigenvalue weighted by Gasteiger charge is -2.45. The van der Waals surface area contributed by atoms with Crippen LogP contribution in [-0.2, 0) is 14.3 Å². The first kappa shape index (κ1) is 23.2. The molecular formula is C27H36N4O4. The zero-order valence-electron chi connectivity index (χ0n) is 20.8. The molecule has 8 heteroatoms. The molecule has 1 amide bonds. The third kappa shape index (κ3) is 4.10. The molecule has 3 atom stereocenters. The molecule has 1 aromatic carbocycles. The molecule has 0 unspecified atom stereocenters. The fraction of sp³-hybridized carbons (Fsp3) is 0.630. The molecular weight excluding hydrogens is 444 g/mol. The zero-order chi connectivity index (χ0) is 24.2. The van der Waals surface area contributed by atoms with Gasteiger partial charge in [0.1, 0.15) is 5.82 Å². The van der Waals surface area contributed by atoms with Crippen molar-refractivity contribution in [3.8, 4) is 0 Å². The largest absolute Gasteiger partial charge is 0.389 e. The summed E-state index contributed by atoms with van der Waals surface area (Å²) in [6, 6.07) is 6.41. The number of carbonyl (C=O) groups is 1. The first-order valence-corrected chi connectivity index (χ1v) is 12.9. The molecule has 0 radical (unpaired) electrons. The van der Waals surface area contributed by atoms with E-state index in [4.69, 9.17) is 9.47 Å². The van der Waals surface area contributed by atoms with Crippen LogP contribution in [0, 0.1) is 18.3 Å². The highest BCUT2D eigenvalue weighted by molar-refractivity contribution is 5.97. The molecule has 2 N–H and O–H groups in total. The summed E-state index contributed by atoms with van der Waals surface area (Å²) in [7, 11) is 0. The molecule has 0 bridgehead atoms. The van der Waals surface area contributed by atoms with Crippen molar-refractivity contribution in [2.24, 2.45) is 11.3 Å². The number of anilines is 2. The lowest BCUT2D eigenvalue weighted by atomic mass is 9.93. The van der Waals surface area contributed by atoms with Crippen molar-refractivity contribution in [1.82, 2.24) is 9.88 Å². The quantitative estimate of drug-likeness (QED) is 0.696. The Labute approximate surface area is 206 Å². The van der Waals surface area contributed by atoms with Crippen molar-refractivity contribution in [2.75, 3.05) is 62.8 Å². The van der Waals surface area contributed by atoms with Gasteiger partial charge in [-0.2, -0.15) is 0 Å². The number of aliphatic hydroxyl groups is 1. The molecule has 3 saturated heterocycles. The Balaban J connectivity index is 1.15. The summed E-state index contributed by atoms with van der Waals surface area (Å²) in [5, 5.41) is 15.7. The van der Waals surface area contributed by atoms with Crippen molar-refractivity contribution in [1.29, 1.82) is 0 Å². The first-order chi connectivity index (χ1) is 16.9. The van der Waals surface area contributed by atoms with Crippen LogP contribution >= 0.6 is 0 Å². The van der Waals surface area contributed by atoms with Crippen molar-refractivity contribution < 1.29 is 19.4 Å². The van der Waals surface area contributed by atoms with Gasteiger partial charge >= 0.3 is 0 Å². The molecule has 188 valence electrons. The van der Waals surface area contributed by atoms with Gasteiger partial charge in [-0.15, -0.1) is 0 Å². The SMILES string of the molecule is Cc1cc2cnc(NC(=O)[C@@H]3CC34CCOCC4)cc2cc1N1CCN([C@@]2(C)COC[C@H]2O)CC1. The number of pyridine rings is 1. The van der Waals surface area contributed by atoms with Crippen molar-refractivity contribution in [3.63, 3.8) is 0 Å². The minimum Gasteiger partial charge on any atom is -0.389 e. The fourth-order valence-electron chi connectivity index (χ4n) is 6.38. The van der Waals surface area contributed by atoms with Crippen molar-refractivity contribution >= 4 is 28.2 Å². The molecule has 1 saturated carbocycles. The number of amides is 1. The number of nitrogens with one attached hydrogen (secondary N) is 1. The van der Waals surface area contributed by atoms with Crippen LogP contribution in [0.3, 0.4) is 0 Å². The Hall–Kier alpha value is -2.26. The van der Waals surface area contributed by atoms with Gasteiger partial charge in [0.05, 0.1) is 24.9 Å². The molecule has 1 spiro atoms. The summed E-state index contributed by atoms with van der Waals surface area (Å²) in [5.41, 5.74) is 2.30. The van der Waals surface area contributed by atoms with Gasteiger partial charge in [0.25, 0.3) is 0 Å². The fourth-order valence-corrected chi connectivity index (χ4v) is 6.38. The Bertz CT molecular complexity index is 1130. The highest BCUT2D eigenvalue weighted by Gasteiger charge is 2.58. The van der Waals surface area contributed by atoms with Crippen LogP contribution in [0.15, 0.2) is 24.4 Å². The highest BCUT2D eigenvalue weighted by Crippen LogP contribution is 2.59. The maximum absolute atomic E-state index is 12.9. The third-order valence-electron chi connectivity index (χ3n) is 9.01. The van der Waals surface area contributed by atoms with E-state index >= 15 is 0 Å². The topological polar surface area (TPSA) is 87.2 Å². The van der Waals surface area contributed by atoms with Crippen LogP contribution in [0.4, 0.5) is 11.5 Å². The predicted molar refractivity (Wildman–Crippen MR) is 135 cm³/mol. The van der Waals surface area contributed by atoms with E-state index in [2.05, 4.69) is 46.1 Å². The molecule has 3 aliphatic heterocycles. The standard InChI is InChI=1S/C27H36N4O4/c1-18-11-20-15-28-24(29-25(33)21-14-27(21)3-9-34-10-4-27)13-19(20)12-22(18)30-5-7-31(8-6-30)26(2)17-35-16-23(26)32/h11-13,15,21,23,32H,3-10,14,16-17H2,1-2H3,(H,28,29,33)/t21-,23+,26-/m0/s1. The number of nitrogens with zero attached hydrogens (tertiary/aromatic N) is 3. The number of hydrogen-bond acceptors (Lipinski definition) is 7. The van der Waals surface area contributed by atoms with Crippen LogP contribution < -0.4 is 10.2 Å². The van der Waals surface area contributed by atoms with E-state index in [1.807, 2.05) is 12.3 Å². The van der Waals surface area contributed by atoms with E-state index in [0.717, 1.165) is 69.4 Å². The number of aliphatic hydroxyl groups excluding tert-OH is 1. The second-order valence-electron chi connectivity index (χ2n) is 11.1. The Morgan fingerprint density at radius 2 is 1.89 bits per heavy atom. The number of hydrogen-bond donors (Lipinski definition) is 2. The Kier molecular flexibility index (Phi) is 5.75. The van der Waals surface area contributed by atoms with Crippen molar-refractivity contribution in [2.45, 2.75) is 44.8 Å². The Morgan fingerprint density at radius 3 is 2.60 bits per heavy atom. The highest BCUT2D eigenvalue weighted by atomic mass is 16.5. The van der Waals surface area contributed by atoms with Gasteiger partial charge in [-0.3, -0.25) is 9.69 Å². The van der Waals surface area contributed by atoms with E-state index in [9.17, 15) is 9.90 Å². The Morgan fingerprint density at radius 1 is 1.11 bits per heavy atom. The summed E-state index contributed by atoms with van der Waals surface area (Å²) in [6.45, 7) is 10.4. The van der Waals surface area contributed by atoms with Crippen molar-refractivity contribution in [3.05, 3.63) is 30.0 Å². The van der Waals surface area contributed by atoms with Crippen LogP contribution in [0.25, 0.3) is 10.8 Å². The number of fused-ring (bicyclic) bond motifs is 1. The monoisotopic (exact) mass is 480 g/mol. The smallest absolute Gasteiger partial charge is 0.229 e. The van der Waals surface area contributed by atoms with Gasteiger partial charge in [-0.05, 0) is 67.7 Å². The normalized spacial score (nSPS) is 30.7. The minimum atomic E-state index is -0.436. The average molecular weight is 481 g/mol. The predicted octanol–water partition coefficient (Wildman–Crippen LogP) is 2.57. The molecule has 1 aromatic heterocycles.